The standard InChI is InChI=1S/C23H24N4O3/c1-16-18-4-2-3-5-19(18)27(24-16)20-7-6-17(15-28)14-21(20)25-10-12-26(13-11-25)22(29)23(30)8-9-23/h2-7,14-15,30H,8-13H2,1H3. The number of fused-ring (bicyclic) bond motifs is 1. The molecule has 1 N–H and O–H groups in total. The van der Waals surface area contributed by atoms with Crippen LogP contribution in [0.3, 0.4) is 0 Å². The largest absolute Gasteiger partial charge is 0.380 e. The zero-order valence-electron chi connectivity index (χ0n) is 16.9. The van der Waals surface area contributed by atoms with Gasteiger partial charge in [0.05, 0.1) is 22.6 Å². The minimum Gasteiger partial charge on any atom is -0.380 e. The number of amides is 1. The monoisotopic (exact) mass is 404 g/mol. The summed E-state index contributed by atoms with van der Waals surface area (Å²) >= 11 is 0. The number of anilines is 1. The molecule has 0 radical (unpaired) electrons. The molecule has 2 heterocycles. The second-order valence-corrected chi connectivity index (χ2v) is 8.19. The van der Waals surface area contributed by atoms with Crippen molar-refractivity contribution in [3.05, 3.63) is 53.7 Å². The van der Waals surface area contributed by atoms with E-state index in [0.29, 0.717) is 44.6 Å². The number of carbonyl (C=O) groups is 2. The highest BCUT2D eigenvalue weighted by Gasteiger charge is 2.50. The van der Waals surface area contributed by atoms with Gasteiger partial charge in [0.25, 0.3) is 5.91 Å². The number of nitrogens with zero attached hydrogens (tertiary/aromatic N) is 4. The van der Waals surface area contributed by atoms with Gasteiger partial charge in [-0.25, -0.2) is 4.68 Å². The smallest absolute Gasteiger partial charge is 0.254 e. The maximum Gasteiger partial charge on any atom is 0.254 e. The number of hydrogen-bond acceptors (Lipinski definition) is 5. The molecule has 0 spiro atoms. The third-order valence-corrected chi connectivity index (χ3v) is 6.17. The molecular weight excluding hydrogens is 380 g/mol. The molecule has 3 aromatic rings. The van der Waals surface area contributed by atoms with Gasteiger partial charge in [0.15, 0.2) is 0 Å². The van der Waals surface area contributed by atoms with Gasteiger partial charge in [0.2, 0.25) is 0 Å². The Morgan fingerprint density at radius 1 is 1.07 bits per heavy atom. The Morgan fingerprint density at radius 2 is 1.80 bits per heavy atom. The van der Waals surface area contributed by atoms with Gasteiger partial charge < -0.3 is 14.9 Å². The summed E-state index contributed by atoms with van der Waals surface area (Å²) in [5.41, 5.74) is 3.27. The molecular formula is C23H24N4O3. The van der Waals surface area contributed by atoms with Gasteiger partial charge in [-0.3, -0.25) is 9.59 Å². The highest BCUT2D eigenvalue weighted by atomic mass is 16.3. The fourth-order valence-electron chi connectivity index (χ4n) is 4.23. The van der Waals surface area contributed by atoms with Crippen molar-refractivity contribution in [2.45, 2.75) is 25.4 Å². The van der Waals surface area contributed by atoms with E-state index in [4.69, 9.17) is 5.10 Å². The average molecular weight is 404 g/mol. The highest BCUT2D eigenvalue weighted by Crippen LogP contribution is 2.37. The Morgan fingerprint density at radius 3 is 2.50 bits per heavy atom. The predicted molar refractivity (Wildman–Crippen MR) is 114 cm³/mol. The summed E-state index contributed by atoms with van der Waals surface area (Å²) in [6, 6.07) is 13.7. The molecule has 7 nitrogen and oxygen atoms in total. The summed E-state index contributed by atoms with van der Waals surface area (Å²) < 4.78 is 1.93. The lowest BCUT2D eigenvalue weighted by Gasteiger charge is -2.37. The Labute approximate surface area is 174 Å². The molecule has 1 aromatic heterocycles. The number of aliphatic hydroxyl groups is 1. The Bertz CT molecular complexity index is 1140. The SMILES string of the molecule is Cc1nn(-c2ccc(C=O)cc2N2CCN(C(=O)C3(O)CC3)CC2)c2ccccc12. The van der Waals surface area contributed by atoms with E-state index in [1.165, 1.54) is 0 Å². The van der Waals surface area contributed by atoms with Crippen LogP contribution < -0.4 is 4.90 Å². The van der Waals surface area contributed by atoms with Crippen LogP contribution in [0.5, 0.6) is 0 Å². The molecule has 1 saturated carbocycles. The Hall–Kier alpha value is -3.19. The second-order valence-electron chi connectivity index (χ2n) is 8.19. The van der Waals surface area contributed by atoms with Gasteiger partial charge in [0.1, 0.15) is 11.9 Å². The molecule has 1 amide bonds. The van der Waals surface area contributed by atoms with E-state index < -0.39 is 5.60 Å². The molecule has 1 saturated heterocycles. The van der Waals surface area contributed by atoms with E-state index in [9.17, 15) is 14.7 Å². The number of rotatable bonds is 4. The van der Waals surface area contributed by atoms with Crippen LogP contribution in [0.1, 0.15) is 28.9 Å². The molecule has 2 fully saturated rings. The van der Waals surface area contributed by atoms with Gasteiger partial charge in [-0.05, 0) is 44.0 Å². The molecule has 1 aliphatic carbocycles. The van der Waals surface area contributed by atoms with E-state index in [1.54, 1.807) is 11.0 Å². The van der Waals surface area contributed by atoms with Crippen LogP contribution in [-0.2, 0) is 4.79 Å². The lowest BCUT2D eigenvalue weighted by Crippen LogP contribution is -2.52. The topological polar surface area (TPSA) is 78.7 Å². The maximum absolute atomic E-state index is 12.5. The van der Waals surface area contributed by atoms with Crippen LogP contribution in [0, 0.1) is 6.92 Å². The first kappa shape index (κ1) is 18.8. The van der Waals surface area contributed by atoms with Crippen molar-refractivity contribution < 1.29 is 14.7 Å². The van der Waals surface area contributed by atoms with E-state index in [0.717, 1.165) is 34.3 Å². The first-order chi connectivity index (χ1) is 14.5. The van der Waals surface area contributed by atoms with Crippen molar-refractivity contribution in [1.29, 1.82) is 0 Å². The van der Waals surface area contributed by atoms with Crippen LogP contribution in [0.2, 0.25) is 0 Å². The van der Waals surface area contributed by atoms with Crippen molar-refractivity contribution in [2.24, 2.45) is 0 Å². The van der Waals surface area contributed by atoms with E-state index in [2.05, 4.69) is 11.0 Å². The van der Waals surface area contributed by atoms with Crippen molar-refractivity contribution in [2.75, 3.05) is 31.1 Å². The van der Waals surface area contributed by atoms with Gasteiger partial charge in [-0.1, -0.05) is 18.2 Å². The normalized spacial score (nSPS) is 17.9. The molecule has 2 aromatic carbocycles. The molecule has 5 rings (SSSR count). The number of benzene rings is 2. The minimum absolute atomic E-state index is 0.155. The van der Waals surface area contributed by atoms with Crippen molar-refractivity contribution >= 4 is 28.8 Å². The van der Waals surface area contributed by atoms with Crippen molar-refractivity contribution in [1.82, 2.24) is 14.7 Å². The minimum atomic E-state index is -1.13. The molecule has 0 unspecified atom stereocenters. The number of aryl methyl sites for hydroxylation is 1. The van der Waals surface area contributed by atoms with Crippen LogP contribution in [0.15, 0.2) is 42.5 Å². The Kier molecular flexibility index (Phi) is 4.36. The molecule has 7 heteroatoms. The molecule has 154 valence electrons. The molecule has 1 aliphatic heterocycles. The summed E-state index contributed by atoms with van der Waals surface area (Å²) in [6.07, 6.45) is 1.97. The third kappa shape index (κ3) is 3.06. The van der Waals surface area contributed by atoms with Gasteiger partial charge in [-0.2, -0.15) is 5.10 Å². The average Bonchev–Trinajstić information content (AvgIpc) is 3.46. The van der Waals surface area contributed by atoms with Gasteiger partial charge >= 0.3 is 0 Å². The molecule has 0 bridgehead atoms. The van der Waals surface area contributed by atoms with Crippen LogP contribution in [-0.4, -0.2) is 63.8 Å². The van der Waals surface area contributed by atoms with Crippen molar-refractivity contribution in [3.8, 4) is 5.69 Å². The number of aromatic nitrogens is 2. The lowest BCUT2D eigenvalue weighted by atomic mass is 10.1. The van der Waals surface area contributed by atoms with Gasteiger partial charge in [0, 0.05) is 37.1 Å². The molecule has 30 heavy (non-hydrogen) atoms. The summed E-state index contributed by atoms with van der Waals surface area (Å²) in [6.45, 7) is 4.35. The highest BCUT2D eigenvalue weighted by molar-refractivity contribution is 5.88. The summed E-state index contributed by atoms with van der Waals surface area (Å²) in [4.78, 5) is 27.8. The van der Waals surface area contributed by atoms with Gasteiger partial charge in [-0.15, -0.1) is 0 Å². The zero-order valence-corrected chi connectivity index (χ0v) is 16.9. The first-order valence-corrected chi connectivity index (χ1v) is 10.3. The lowest BCUT2D eigenvalue weighted by molar-refractivity contribution is -0.142. The number of aldehydes is 1. The fraction of sp³-hybridized carbons (Fsp3) is 0.348. The van der Waals surface area contributed by atoms with E-state index >= 15 is 0 Å². The van der Waals surface area contributed by atoms with Crippen LogP contribution in [0.25, 0.3) is 16.6 Å². The van der Waals surface area contributed by atoms with E-state index in [-0.39, 0.29) is 5.91 Å². The maximum atomic E-state index is 12.5. The number of carbonyl (C=O) groups excluding carboxylic acids is 2. The predicted octanol–water partition coefficient (Wildman–Crippen LogP) is 2.32. The second kappa shape index (κ2) is 6.95. The fourth-order valence-corrected chi connectivity index (χ4v) is 4.23. The summed E-state index contributed by atoms with van der Waals surface area (Å²) in [7, 11) is 0. The summed E-state index contributed by atoms with van der Waals surface area (Å²) in [5, 5.41) is 16.0. The van der Waals surface area contributed by atoms with Crippen LogP contribution in [0.4, 0.5) is 5.69 Å². The van der Waals surface area contributed by atoms with Crippen LogP contribution >= 0.6 is 0 Å². The molecule has 2 aliphatic rings. The van der Waals surface area contributed by atoms with Crippen molar-refractivity contribution in [3.63, 3.8) is 0 Å². The first-order valence-electron chi connectivity index (χ1n) is 10.3. The quantitative estimate of drug-likeness (QED) is 0.675. The number of piperazine rings is 1. The van der Waals surface area contributed by atoms with E-state index in [1.807, 2.05) is 41.9 Å². The zero-order chi connectivity index (χ0) is 20.9. The summed E-state index contributed by atoms with van der Waals surface area (Å²) in [5.74, 6) is -0.155. The Balaban J connectivity index is 1.49. The number of hydrogen-bond donors (Lipinski definition) is 1. The number of para-hydroxylation sites is 1. The molecule has 0 atom stereocenters. The third-order valence-electron chi connectivity index (χ3n) is 6.17.